The highest BCUT2D eigenvalue weighted by Crippen LogP contribution is 2.19. The van der Waals surface area contributed by atoms with Gasteiger partial charge in [-0.3, -0.25) is 0 Å². The number of rotatable bonds is 7. The van der Waals surface area contributed by atoms with Crippen molar-refractivity contribution in [1.82, 2.24) is 5.32 Å². The average molecular weight is 286 g/mol. The topological polar surface area (TPSA) is 41.5 Å². The molecule has 0 saturated heterocycles. The minimum Gasteiger partial charge on any atom is -0.491 e. The number of aliphatic hydroxyl groups is 1. The van der Waals surface area contributed by atoms with Crippen LogP contribution in [0.15, 0.2) is 24.3 Å². The van der Waals surface area contributed by atoms with Crippen molar-refractivity contribution in [2.24, 2.45) is 0 Å². The number of nitrogens with one attached hydrogen (secondary N) is 1. The minimum atomic E-state index is -0.435. The fourth-order valence-electron chi connectivity index (χ4n) is 1.79. The van der Waals surface area contributed by atoms with Gasteiger partial charge in [0.05, 0.1) is 0 Å². The van der Waals surface area contributed by atoms with Gasteiger partial charge >= 0.3 is 0 Å². The fourth-order valence-corrected chi connectivity index (χ4v) is 1.79. The second kappa shape index (κ2) is 7.73. The number of ether oxygens (including phenoxy) is 1. The molecule has 4 heteroatoms. The molecule has 0 amide bonds. The van der Waals surface area contributed by atoms with Crippen LogP contribution in [-0.4, -0.2) is 30.4 Å². The highest BCUT2D eigenvalue weighted by atomic mass is 35.5. The van der Waals surface area contributed by atoms with Crippen molar-refractivity contribution in [2.75, 3.05) is 13.2 Å². The number of hydrogen-bond donors (Lipinski definition) is 2. The molecular formula is C15H24ClNO2. The molecule has 1 atom stereocenters. The van der Waals surface area contributed by atoms with Gasteiger partial charge in [-0.2, -0.15) is 0 Å². The summed E-state index contributed by atoms with van der Waals surface area (Å²) in [6.45, 7) is 5.31. The van der Waals surface area contributed by atoms with E-state index in [2.05, 4.69) is 31.3 Å². The largest absolute Gasteiger partial charge is 0.491 e. The molecule has 0 spiro atoms. The van der Waals surface area contributed by atoms with Crippen LogP contribution in [0.4, 0.5) is 0 Å². The number of aliphatic hydroxyl groups excluding tert-OH is 1. The molecule has 1 aliphatic rings. The number of hydrogen-bond acceptors (Lipinski definition) is 3. The summed E-state index contributed by atoms with van der Waals surface area (Å²) in [5.74, 6) is 1.36. The third kappa shape index (κ3) is 5.81. The number of halogens is 1. The molecule has 0 radical (unpaired) electrons. The van der Waals surface area contributed by atoms with Gasteiger partial charge in [0.25, 0.3) is 0 Å². The Morgan fingerprint density at radius 1 is 1.26 bits per heavy atom. The molecule has 1 aliphatic carbocycles. The van der Waals surface area contributed by atoms with Crippen LogP contribution in [0, 0.1) is 0 Å². The van der Waals surface area contributed by atoms with Gasteiger partial charge in [-0.1, -0.05) is 26.0 Å². The fraction of sp³-hybridized carbons (Fsp3) is 0.600. The Kier molecular flexibility index (Phi) is 6.63. The van der Waals surface area contributed by atoms with Crippen LogP contribution >= 0.6 is 12.4 Å². The van der Waals surface area contributed by atoms with Crippen molar-refractivity contribution in [3.05, 3.63) is 29.8 Å². The van der Waals surface area contributed by atoms with Crippen LogP contribution in [0.5, 0.6) is 5.75 Å². The van der Waals surface area contributed by atoms with Gasteiger partial charge < -0.3 is 15.2 Å². The lowest BCUT2D eigenvalue weighted by atomic mass is 10.0. The SMILES string of the molecule is CC(C)c1ccc(OCC(O)CNC2CC2)cc1.Cl. The first-order valence-electron chi connectivity index (χ1n) is 6.79. The summed E-state index contributed by atoms with van der Waals surface area (Å²) in [6, 6.07) is 8.72. The van der Waals surface area contributed by atoms with Crippen molar-refractivity contribution in [1.29, 1.82) is 0 Å². The summed E-state index contributed by atoms with van der Waals surface area (Å²) in [7, 11) is 0. The van der Waals surface area contributed by atoms with E-state index >= 15 is 0 Å². The maximum Gasteiger partial charge on any atom is 0.119 e. The molecular weight excluding hydrogens is 262 g/mol. The lowest BCUT2D eigenvalue weighted by molar-refractivity contribution is 0.106. The number of benzene rings is 1. The lowest BCUT2D eigenvalue weighted by Gasteiger charge is -2.13. The first kappa shape index (κ1) is 16.3. The highest BCUT2D eigenvalue weighted by Gasteiger charge is 2.21. The Bertz CT molecular complexity index is 363. The molecule has 0 bridgehead atoms. The van der Waals surface area contributed by atoms with Gasteiger partial charge in [-0.05, 0) is 36.5 Å². The van der Waals surface area contributed by atoms with E-state index in [1.807, 2.05) is 12.1 Å². The molecule has 1 aromatic rings. The molecule has 0 heterocycles. The molecule has 1 saturated carbocycles. The molecule has 3 nitrogen and oxygen atoms in total. The Labute approximate surface area is 121 Å². The van der Waals surface area contributed by atoms with E-state index in [1.165, 1.54) is 18.4 Å². The van der Waals surface area contributed by atoms with Crippen LogP contribution in [-0.2, 0) is 0 Å². The zero-order chi connectivity index (χ0) is 13.0. The van der Waals surface area contributed by atoms with Crippen LogP contribution in [0.25, 0.3) is 0 Å². The predicted molar refractivity (Wildman–Crippen MR) is 80.3 cm³/mol. The minimum absolute atomic E-state index is 0. The standard InChI is InChI=1S/C15H23NO2.ClH/c1-11(2)12-3-7-15(8-4-12)18-10-14(17)9-16-13-5-6-13;/h3-4,7-8,11,13-14,16-17H,5-6,9-10H2,1-2H3;1H. The monoisotopic (exact) mass is 285 g/mol. The van der Waals surface area contributed by atoms with Crippen molar-refractivity contribution >= 4 is 12.4 Å². The molecule has 0 aliphatic heterocycles. The molecule has 1 aromatic carbocycles. The van der Waals surface area contributed by atoms with E-state index in [0.717, 1.165) is 5.75 Å². The molecule has 2 N–H and O–H groups in total. The normalized spacial score (nSPS) is 16.0. The van der Waals surface area contributed by atoms with E-state index in [-0.39, 0.29) is 12.4 Å². The molecule has 1 unspecified atom stereocenters. The molecule has 108 valence electrons. The van der Waals surface area contributed by atoms with Crippen molar-refractivity contribution in [2.45, 2.75) is 44.8 Å². The summed E-state index contributed by atoms with van der Waals surface area (Å²) in [5.41, 5.74) is 1.30. The summed E-state index contributed by atoms with van der Waals surface area (Å²) < 4.78 is 5.57. The summed E-state index contributed by atoms with van der Waals surface area (Å²) >= 11 is 0. The average Bonchev–Trinajstić information content (AvgIpc) is 3.18. The molecule has 1 fully saturated rings. The molecule has 2 rings (SSSR count). The Morgan fingerprint density at radius 3 is 2.42 bits per heavy atom. The van der Waals surface area contributed by atoms with Crippen molar-refractivity contribution < 1.29 is 9.84 Å². The van der Waals surface area contributed by atoms with Gasteiger partial charge in [-0.25, -0.2) is 0 Å². The summed E-state index contributed by atoms with van der Waals surface area (Å²) in [4.78, 5) is 0. The Hall–Kier alpha value is -0.770. The van der Waals surface area contributed by atoms with Gasteiger partial charge in [0.15, 0.2) is 0 Å². The lowest BCUT2D eigenvalue weighted by Crippen LogP contribution is -2.32. The summed E-state index contributed by atoms with van der Waals surface area (Å²) in [5, 5.41) is 13.0. The maximum absolute atomic E-state index is 9.74. The van der Waals surface area contributed by atoms with Gasteiger partial charge in [0.2, 0.25) is 0 Å². The van der Waals surface area contributed by atoms with E-state index in [1.54, 1.807) is 0 Å². The van der Waals surface area contributed by atoms with Gasteiger partial charge in [0, 0.05) is 12.6 Å². The van der Waals surface area contributed by atoms with Crippen molar-refractivity contribution in [3.8, 4) is 5.75 Å². The van der Waals surface area contributed by atoms with E-state index < -0.39 is 6.10 Å². The zero-order valence-electron chi connectivity index (χ0n) is 11.6. The summed E-state index contributed by atoms with van der Waals surface area (Å²) in [6.07, 6.45) is 2.05. The van der Waals surface area contributed by atoms with E-state index in [4.69, 9.17) is 4.74 Å². The van der Waals surface area contributed by atoms with Crippen LogP contribution in [0.3, 0.4) is 0 Å². The van der Waals surface area contributed by atoms with Crippen LogP contribution in [0.1, 0.15) is 38.2 Å². The van der Waals surface area contributed by atoms with E-state index in [9.17, 15) is 5.11 Å². The van der Waals surface area contributed by atoms with Gasteiger partial charge in [0.1, 0.15) is 18.5 Å². The Morgan fingerprint density at radius 2 is 1.89 bits per heavy atom. The first-order chi connectivity index (χ1) is 8.65. The molecule has 19 heavy (non-hydrogen) atoms. The third-order valence-electron chi connectivity index (χ3n) is 3.21. The van der Waals surface area contributed by atoms with Crippen LogP contribution < -0.4 is 10.1 Å². The predicted octanol–water partition coefficient (Wildman–Crippen LogP) is 2.72. The smallest absolute Gasteiger partial charge is 0.119 e. The van der Waals surface area contributed by atoms with Crippen molar-refractivity contribution in [3.63, 3.8) is 0 Å². The first-order valence-corrected chi connectivity index (χ1v) is 6.79. The highest BCUT2D eigenvalue weighted by molar-refractivity contribution is 5.85. The second-order valence-corrected chi connectivity index (χ2v) is 5.37. The zero-order valence-corrected chi connectivity index (χ0v) is 12.5. The van der Waals surface area contributed by atoms with Crippen LogP contribution in [0.2, 0.25) is 0 Å². The second-order valence-electron chi connectivity index (χ2n) is 5.37. The maximum atomic E-state index is 9.74. The molecule has 0 aromatic heterocycles. The third-order valence-corrected chi connectivity index (χ3v) is 3.21. The quantitative estimate of drug-likeness (QED) is 0.809. The Balaban J connectivity index is 0.00000180. The van der Waals surface area contributed by atoms with Gasteiger partial charge in [-0.15, -0.1) is 12.4 Å². The van der Waals surface area contributed by atoms with E-state index in [0.29, 0.717) is 25.1 Å².